The van der Waals surface area contributed by atoms with Crippen molar-refractivity contribution in [3.63, 3.8) is 0 Å². The highest BCUT2D eigenvalue weighted by Crippen LogP contribution is 2.41. The summed E-state index contributed by atoms with van der Waals surface area (Å²) in [5.74, 6) is 5.56. The summed E-state index contributed by atoms with van der Waals surface area (Å²) in [5.41, 5.74) is -2.07. The van der Waals surface area contributed by atoms with Crippen molar-refractivity contribution in [1.29, 1.82) is 0 Å². The summed E-state index contributed by atoms with van der Waals surface area (Å²) < 4.78 is 16.6. The van der Waals surface area contributed by atoms with Gasteiger partial charge in [0.1, 0.15) is 11.2 Å². The smallest absolute Gasteiger partial charge is 0.486 e. The highest BCUT2D eigenvalue weighted by atomic mass is 16.7. The molecule has 5 nitrogen and oxygen atoms in total. The molecule has 0 saturated carbocycles. The molecule has 0 N–H and O–H groups in total. The third kappa shape index (κ3) is 4.91. The van der Waals surface area contributed by atoms with E-state index in [0.29, 0.717) is 11.1 Å². The van der Waals surface area contributed by atoms with Gasteiger partial charge in [-0.15, -0.1) is 0 Å². The van der Waals surface area contributed by atoms with Crippen LogP contribution in [-0.4, -0.2) is 28.7 Å². The van der Waals surface area contributed by atoms with Crippen molar-refractivity contribution in [2.75, 3.05) is 0 Å². The van der Waals surface area contributed by atoms with Crippen LogP contribution in [0.4, 0.5) is 4.79 Å². The second-order valence-electron chi connectivity index (χ2n) is 8.36. The molecule has 1 atom stereocenters. The minimum Gasteiger partial charge on any atom is -0.486 e. The zero-order valence-corrected chi connectivity index (χ0v) is 16.9. The van der Waals surface area contributed by atoms with Gasteiger partial charge in [0.15, 0.2) is 5.76 Å². The molecule has 27 heavy (non-hydrogen) atoms. The van der Waals surface area contributed by atoms with Gasteiger partial charge in [-0.05, 0) is 66.5 Å². The van der Waals surface area contributed by atoms with Crippen LogP contribution in [0, 0.1) is 11.8 Å². The molecule has 0 spiro atoms. The van der Waals surface area contributed by atoms with Gasteiger partial charge in [0.25, 0.3) is 5.60 Å². The summed E-state index contributed by atoms with van der Waals surface area (Å²) in [4.78, 5) is 25.0. The van der Waals surface area contributed by atoms with Crippen LogP contribution in [0.15, 0.2) is 41.7 Å². The number of hydrogen-bond donors (Lipinski definition) is 0. The summed E-state index contributed by atoms with van der Waals surface area (Å²) in [6.07, 6.45) is -0.972. The van der Waals surface area contributed by atoms with Crippen LogP contribution in [0.5, 0.6) is 0 Å². The number of carbonyl (C=O) groups is 2. The highest BCUT2D eigenvalue weighted by Gasteiger charge is 2.58. The van der Waals surface area contributed by atoms with Gasteiger partial charge in [0.2, 0.25) is 5.78 Å². The quantitative estimate of drug-likeness (QED) is 0.570. The zero-order valence-electron chi connectivity index (χ0n) is 16.9. The second-order valence-corrected chi connectivity index (χ2v) is 8.36. The molecule has 0 amide bonds. The number of benzene rings is 1. The fourth-order valence-electron chi connectivity index (χ4n) is 2.44. The van der Waals surface area contributed by atoms with E-state index in [9.17, 15) is 9.59 Å². The predicted octanol–water partition coefficient (Wildman–Crippen LogP) is 4.40. The summed E-state index contributed by atoms with van der Waals surface area (Å²) in [6.45, 7) is 12.3. The van der Waals surface area contributed by atoms with Crippen LogP contribution in [0.3, 0.4) is 0 Å². The Morgan fingerprint density at radius 3 is 2.11 bits per heavy atom. The SMILES string of the molecule is CC1=C(OC(C)(C)C)C(C#Cc2ccccc2)(OC(=O)OC(C)(C)C)C1=O. The molecule has 1 aromatic rings. The van der Waals surface area contributed by atoms with Crippen molar-refractivity contribution < 1.29 is 23.8 Å². The third-order valence-corrected chi connectivity index (χ3v) is 3.51. The first kappa shape index (κ1) is 20.6. The first-order valence-electron chi connectivity index (χ1n) is 8.79. The normalized spacial score (nSPS) is 19.6. The van der Waals surface area contributed by atoms with Gasteiger partial charge in [-0.3, -0.25) is 4.79 Å². The van der Waals surface area contributed by atoms with Gasteiger partial charge in [0, 0.05) is 11.1 Å². The van der Waals surface area contributed by atoms with Crippen LogP contribution >= 0.6 is 0 Å². The standard InChI is InChI=1S/C22H26O5/c1-15-17(23)22(18(15)25-20(2,3)4,27-19(24)26-21(5,6)7)14-13-16-11-9-8-10-12-16/h8-12H,1-7H3. The van der Waals surface area contributed by atoms with Crippen LogP contribution in [0.25, 0.3) is 0 Å². The van der Waals surface area contributed by atoms with E-state index < -0.39 is 28.7 Å². The lowest BCUT2D eigenvalue weighted by Gasteiger charge is -2.40. The Morgan fingerprint density at radius 2 is 1.59 bits per heavy atom. The summed E-state index contributed by atoms with van der Waals surface area (Å²) in [5, 5.41) is 0. The Bertz CT molecular complexity index is 825. The number of rotatable bonds is 2. The first-order valence-corrected chi connectivity index (χ1v) is 8.79. The van der Waals surface area contributed by atoms with E-state index in [-0.39, 0.29) is 5.76 Å². The van der Waals surface area contributed by atoms with E-state index in [2.05, 4.69) is 11.8 Å². The van der Waals surface area contributed by atoms with Crippen molar-refractivity contribution in [2.24, 2.45) is 0 Å². The van der Waals surface area contributed by atoms with E-state index in [4.69, 9.17) is 14.2 Å². The average molecular weight is 370 g/mol. The molecule has 0 aromatic heterocycles. The Morgan fingerprint density at radius 1 is 1.00 bits per heavy atom. The van der Waals surface area contributed by atoms with Crippen LogP contribution in [-0.2, 0) is 19.0 Å². The first-order chi connectivity index (χ1) is 12.3. The molecular weight excluding hydrogens is 344 g/mol. The number of carbonyl (C=O) groups excluding carboxylic acids is 2. The lowest BCUT2D eigenvalue weighted by Crippen LogP contribution is -2.55. The van der Waals surface area contributed by atoms with Crippen molar-refractivity contribution in [1.82, 2.24) is 0 Å². The predicted molar refractivity (Wildman–Crippen MR) is 102 cm³/mol. The van der Waals surface area contributed by atoms with E-state index >= 15 is 0 Å². The molecule has 1 aliphatic carbocycles. The molecule has 144 valence electrons. The largest absolute Gasteiger partial charge is 0.511 e. The maximum absolute atomic E-state index is 12.7. The topological polar surface area (TPSA) is 61.8 Å². The number of ether oxygens (including phenoxy) is 3. The van der Waals surface area contributed by atoms with Gasteiger partial charge in [0.05, 0.1) is 0 Å². The minimum absolute atomic E-state index is 0.245. The van der Waals surface area contributed by atoms with Crippen molar-refractivity contribution in [3.05, 3.63) is 47.2 Å². The fourth-order valence-corrected chi connectivity index (χ4v) is 2.44. The Kier molecular flexibility index (Phi) is 5.42. The maximum atomic E-state index is 12.7. The minimum atomic E-state index is -1.80. The molecule has 1 aliphatic rings. The fraction of sp³-hybridized carbons (Fsp3) is 0.455. The van der Waals surface area contributed by atoms with Gasteiger partial charge < -0.3 is 14.2 Å². The molecule has 2 rings (SSSR count). The molecule has 0 bridgehead atoms. The Hall–Kier alpha value is -2.74. The molecule has 0 saturated heterocycles. The van der Waals surface area contributed by atoms with Crippen LogP contribution in [0.1, 0.15) is 54.0 Å². The summed E-state index contributed by atoms with van der Waals surface area (Å²) in [7, 11) is 0. The molecule has 5 heteroatoms. The van der Waals surface area contributed by atoms with Crippen molar-refractivity contribution in [3.8, 4) is 11.8 Å². The Balaban J connectivity index is 2.45. The highest BCUT2D eigenvalue weighted by molar-refractivity contribution is 6.14. The van der Waals surface area contributed by atoms with Crippen molar-refractivity contribution in [2.45, 2.75) is 65.3 Å². The molecule has 1 aromatic carbocycles. The summed E-state index contributed by atoms with van der Waals surface area (Å²) >= 11 is 0. The van der Waals surface area contributed by atoms with E-state index in [1.54, 1.807) is 39.8 Å². The molecule has 0 fully saturated rings. The maximum Gasteiger partial charge on any atom is 0.511 e. The van der Waals surface area contributed by atoms with Gasteiger partial charge in [-0.1, -0.05) is 24.1 Å². The van der Waals surface area contributed by atoms with E-state index in [1.165, 1.54) is 0 Å². The van der Waals surface area contributed by atoms with E-state index in [1.807, 2.05) is 39.0 Å². The number of Topliss-reactive ketones (excluding diaryl/α,β-unsaturated/α-hetero) is 1. The number of hydrogen-bond acceptors (Lipinski definition) is 5. The molecule has 1 unspecified atom stereocenters. The zero-order chi connectivity index (χ0) is 20.5. The molecule has 0 radical (unpaired) electrons. The van der Waals surface area contributed by atoms with Crippen LogP contribution < -0.4 is 0 Å². The molecular formula is C22H26O5. The average Bonchev–Trinajstić information content (AvgIpc) is 2.54. The molecule has 0 aliphatic heterocycles. The van der Waals surface area contributed by atoms with E-state index in [0.717, 1.165) is 0 Å². The third-order valence-electron chi connectivity index (χ3n) is 3.51. The van der Waals surface area contributed by atoms with Crippen molar-refractivity contribution >= 4 is 11.9 Å². The van der Waals surface area contributed by atoms with Gasteiger partial charge >= 0.3 is 6.16 Å². The second kappa shape index (κ2) is 7.11. The lowest BCUT2D eigenvalue weighted by atomic mass is 9.78. The monoisotopic (exact) mass is 370 g/mol. The van der Waals surface area contributed by atoms with Crippen LogP contribution in [0.2, 0.25) is 0 Å². The lowest BCUT2D eigenvalue weighted by molar-refractivity contribution is -0.142. The number of ketones is 1. The van der Waals surface area contributed by atoms with Gasteiger partial charge in [-0.2, -0.15) is 0 Å². The summed E-state index contributed by atoms with van der Waals surface area (Å²) in [6, 6.07) is 9.14. The van der Waals surface area contributed by atoms with Gasteiger partial charge in [-0.25, -0.2) is 4.79 Å². The Labute approximate surface area is 160 Å². The molecule has 0 heterocycles.